The average Bonchev–Trinajstić information content (AvgIpc) is 3.12. The number of ether oxygens (including phenoxy) is 1. The number of methoxy groups -OCH3 is 1. The fourth-order valence-corrected chi connectivity index (χ4v) is 3.61. The highest BCUT2D eigenvalue weighted by atomic mass is 16.5. The Hall–Kier alpha value is -2.60. The maximum atomic E-state index is 12.9. The van der Waals surface area contributed by atoms with Crippen LogP contribution in [0.4, 0.5) is 0 Å². The second-order valence-electron chi connectivity index (χ2n) is 6.92. The van der Waals surface area contributed by atoms with Gasteiger partial charge in [-0.15, -0.1) is 0 Å². The Morgan fingerprint density at radius 3 is 2.58 bits per heavy atom. The number of likely N-dealkylation sites (tertiary alicyclic amines) is 1. The number of aromatic nitrogens is 1. The largest absolute Gasteiger partial charge is 0.497 e. The average molecular weight is 356 g/mol. The normalized spacial score (nSPS) is 19.2. The van der Waals surface area contributed by atoms with E-state index in [2.05, 4.69) is 4.98 Å². The van der Waals surface area contributed by atoms with Gasteiger partial charge in [-0.2, -0.15) is 0 Å². The number of hydrogen-bond acceptors (Lipinski definition) is 4. The molecular weight excluding hydrogens is 332 g/mol. The molecule has 2 heterocycles. The van der Waals surface area contributed by atoms with Crippen molar-refractivity contribution in [1.82, 2.24) is 9.88 Å². The molecule has 1 aromatic carbocycles. The van der Waals surface area contributed by atoms with Crippen LogP contribution in [0.25, 0.3) is 0 Å². The van der Waals surface area contributed by atoms with Crippen LogP contribution in [-0.2, 0) is 5.60 Å². The van der Waals surface area contributed by atoms with Crippen molar-refractivity contribution in [3.05, 3.63) is 63.6 Å². The lowest BCUT2D eigenvalue weighted by Gasteiger charge is -2.37. The number of nitrogens with zero attached hydrogens (tertiary/aromatic N) is 1. The Labute approximate surface area is 152 Å². The molecule has 138 valence electrons. The van der Waals surface area contributed by atoms with Gasteiger partial charge in [-0.1, -0.05) is 12.1 Å². The molecule has 2 aromatic rings. The molecule has 6 heteroatoms. The van der Waals surface area contributed by atoms with Gasteiger partial charge in [-0.05, 0) is 56.5 Å². The second kappa shape index (κ2) is 6.96. The summed E-state index contributed by atoms with van der Waals surface area (Å²) in [5.74, 6) is 0.359. The molecule has 1 aliphatic rings. The molecule has 1 saturated heterocycles. The maximum Gasteiger partial charge on any atom is 0.260 e. The van der Waals surface area contributed by atoms with Gasteiger partial charge in [-0.25, -0.2) is 0 Å². The van der Waals surface area contributed by atoms with Crippen LogP contribution in [0.1, 0.15) is 41.4 Å². The highest BCUT2D eigenvalue weighted by molar-refractivity contribution is 5.94. The minimum absolute atomic E-state index is 0.105. The van der Waals surface area contributed by atoms with Crippen molar-refractivity contribution in [3.63, 3.8) is 0 Å². The van der Waals surface area contributed by atoms with Crippen molar-refractivity contribution in [1.29, 1.82) is 0 Å². The van der Waals surface area contributed by atoms with Crippen LogP contribution < -0.4 is 10.3 Å². The van der Waals surface area contributed by atoms with Gasteiger partial charge in [0.05, 0.1) is 13.2 Å². The molecule has 1 amide bonds. The summed E-state index contributed by atoms with van der Waals surface area (Å²) >= 11 is 0. The minimum Gasteiger partial charge on any atom is -0.497 e. The molecule has 3 rings (SSSR count). The lowest BCUT2D eigenvalue weighted by molar-refractivity contribution is -0.0178. The van der Waals surface area contributed by atoms with Gasteiger partial charge in [0, 0.05) is 12.2 Å². The number of amides is 1. The van der Waals surface area contributed by atoms with Crippen molar-refractivity contribution in [2.24, 2.45) is 0 Å². The molecular formula is C20H24N2O4. The molecule has 0 radical (unpaired) electrons. The molecule has 0 aliphatic carbocycles. The number of aliphatic hydroxyl groups is 1. The molecule has 2 N–H and O–H groups in total. The summed E-state index contributed by atoms with van der Waals surface area (Å²) < 4.78 is 5.16. The van der Waals surface area contributed by atoms with E-state index in [-0.39, 0.29) is 11.5 Å². The zero-order chi connectivity index (χ0) is 18.9. The first-order valence-corrected chi connectivity index (χ1v) is 8.72. The second-order valence-corrected chi connectivity index (χ2v) is 6.92. The van der Waals surface area contributed by atoms with E-state index in [0.29, 0.717) is 30.0 Å². The van der Waals surface area contributed by atoms with Crippen molar-refractivity contribution < 1.29 is 14.6 Å². The Morgan fingerprint density at radius 2 is 1.96 bits per heavy atom. The van der Waals surface area contributed by atoms with Crippen LogP contribution in [0.5, 0.6) is 5.75 Å². The van der Waals surface area contributed by atoms with Crippen molar-refractivity contribution in [2.45, 2.75) is 38.3 Å². The molecule has 1 aliphatic heterocycles. The summed E-state index contributed by atoms with van der Waals surface area (Å²) in [6.45, 7) is 4.00. The van der Waals surface area contributed by atoms with Crippen molar-refractivity contribution in [2.75, 3.05) is 13.7 Å². The van der Waals surface area contributed by atoms with Crippen molar-refractivity contribution in [3.8, 4) is 5.75 Å². The van der Waals surface area contributed by atoms with Gasteiger partial charge in [0.15, 0.2) is 0 Å². The summed E-state index contributed by atoms with van der Waals surface area (Å²) in [4.78, 5) is 29.4. The Morgan fingerprint density at radius 1 is 1.27 bits per heavy atom. The third-order valence-corrected chi connectivity index (χ3v) is 5.12. The summed E-state index contributed by atoms with van der Waals surface area (Å²) in [5, 5.41) is 11.2. The molecule has 6 nitrogen and oxygen atoms in total. The lowest BCUT2D eigenvalue weighted by atomic mass is 9.86. The van der Waals surface area contributed by atoms with Crippen LogP contribution in [0.3, 0.4) is 0 Å². The molecule has 0 saturated carbocycles. The predicted octanol–water partition coefficient (Wildman–Crippen LogP) is 2.20. The number of rotatable bonds is 4. The molecule has 2 atom stereocenters. The van der Waals surface area contributed by atoms with Gasteiger partial charge >= 0.3 is 0 Å². The molecule has 1 aromatic heterocycles. The number of aryl methyl sites for hydroxylation is 1. The summed E-state index contributed by atoms with van der Waals surface area (Å²) in [6.07, 6.45) is 1.46. The van der Waals surface area contributed by atoms with E-state index in [1.165, 1.54) is 0 Å². The number of carbonyl (C=O) groups is 1. The quantitative estimate of drug-likeness (QED) is 0.880. The summed E-state index contributed by atoms with van der Waals surface area (Å²) in [7, 11) is 1.59. The maximum absolute atomic E-state index is 12.9. The number of pyridine rings is 1. The first kappa shape index (κ1) is 18.2. The molecule has 1 fully saturated rings. The zero-order valence-electron chi connectivity index (χ0n) is 15.3. The van der Waals surface area contributed by atoms with E-state index >= 15 is 0 Å². The Balaban J connectivity index is 1.91. The van der Waals surface area contributed by atoms with E-state index in [1.807, 2.05) is 0 Å². The molecule has 0 unspecified atom stereocenters. The fraction of sp³-hybridized carbons (Fsp3) is 0.400. The van der Waals surface area contributed by atoms with Gasteiger partial charge < -0.3 is 19.7 Å². The van der Waals surface area contributed by atoms with Crippen LogP contribution in [0.2, 0.25) is 0 Å². The lowest BCUT2D eigenvalue weighted by Crippen LogP contribution is -2.49. The topological polar surface area (TPSA) is 82.6 Å². The highest BCUT2D eigenvalue weighted by Gasteiger charge is 2.43. The van der Waals surface area contributed by atoms with Gasteiger partial charge in [-0.3, -0.25) is 9.59 Å². The number of carbonyl (C=O) groups excluding carboxylic acids is 1. The van der Waals surface area contributed by atoms with E-state index in [1.54, 1.807) is 62.3 Å². The van der Waals surface area contributed by atoms with Crippen molar-refractivity contribution >= 4 is 5.91 Å². The number of nitrogens with one attached hydrogen (secondary N) is 1. The highest BCUT2D eigenvalue weighted by Crippen LogP contribution is 2.35. The third kappa shape index (κ3) is 3.24. The van der Waals surface area contributed by atoms with Gasteiger partial charge in [0.2, 0.25) is 0 Å². The van der Waals surface area contributed by atoms with E-state index in [4.69, 9.17) is 4.74 Å². The number of H-pyrrole nitrogens is 1. The molecule has 0 spiro atoms. The van der Waals surface area contributed by atoms with Crippen LogP contribution in [-0.4, -0.2) is 40.6 Å². The number of aromatic amines is 1. The summed E-state index contributed by atoms with van der Waals surface area (Å²) in [6, 6.07) is 10.0. The predicted molar refractivity (Wildman–Crippen MR) is 98.4 cm³/mol. The molecule has 0 bridgehead atoms. The van der Waals surface area contributed by atoms with Gasteiger partial charge in [0.1, 0.15) is 16.9 Å². The van der Waals surface area contributed by atoms with E-state index < -0.39 is 17.2 Å². The van der Waals surface area contributed by atoms with Crippen LogP contribution in [0.15, 0.2) is 41.2 Å². The fourth-order valence-electron chi connectivity index (χ4n) is 3.61. The van der Waals surface area contributed by atoms with E-state index in [0.717, 1.165) is 6.42 Å². The SMILES string of the molecule is COc1ccc([C@@](C)(O)[C@H]2CCCN2C(=O)c2ccc(C)[nH]c2=O)cc1. The third-order valence-electron chi connectivity index (χ3n) is 5.12. The van der Waals surface area contributed by atoms with Crippen LogP contribution >= 0.6 is 0 Å². The monoisotopic (exact) mass is 356 g/mol. The minimum atomic E-state index is -1.23. The zero-order valence-corrected chi connectivity index (χ0v) is 15.3. The Bertz CT molecular complexity index is 855. The van der Waals surface area contributed by atoms with E-state index in [9.17, 15) is 14.7 Å². The van der Waals surface area contributed by atoms with Crippen LogP contribution in [0, 0.1) is 6.92 Å². The Kier molecular flexibility index (Phi) is 4.87. The van der Waals surface area contributed by atoms with Gasteiger partial charge in [0.25, 0.3) is 11.5 Å². The first-order valence-electron chi connectivity index (χ1n) is 8.72. The smallest absolute Gasteiger partial charge is 0.260 e. The first-order chi connectivity index (χ1) is 12.3. The number of hydrogen-bond donors (Lipinski definition) is 2. The molecule has 26 heavy (non-hydrogen) atoms. The summed E-state index contributed by atoms with van der Waals surface area (Å²) in [5.41, 5.74) is -0.107. The standard InChI is InChI=1S/C20H24N2O4/c1-13-6-11-16(18(23)21-13)19(24)22-12-4-5-17(22)20(2,25)14-7-9-15(26-3)10-8-14/h6-11,17,25H,4-5,12H2,1-3H3,(H,21,23)/t17-,20-/m1/s1. The number of benzene rings is 1.